The van der Waals surface area contributed by atoms with Crippen LogP contribution in [0.2, 0.25) is 0 Å². The Morgan fingerprint density at radius 3 is 2.79 bits per heavy atom. The molecule has 94 valence electrons. The maximum Gasteiger partial charge on any atom is 0.119 e. The lowest BCUT2D eigenvalue weighted by atomic mass is 10.0. The van der Waals surface area contributed by atoms with Crippen LogP contribution in [0, 0.1) is 18.3 Å². The maximum absolute atomic E-state index is 9.26. The Hall–Kier alpha value is -2.67. The topological polar surface area (TPSA) is 70.5 Å². The zero-order chi connectivity index (χ0) is 13.6. The van der Waals surface area contributed by atoms with Crippen molar-refractivity contribution in [1.82, 2.24) is 9.55 Å². The minimum Gasteiger partial charge on any atom is -0.384 e. The summed E-state index contributed by atoms with van der Waals surface area (Å²) in [4.78, 5) is 2.93. The lowest BCUT2D eigenvalue weighted by Crippen LogP contribution is -1.91. The molecule has 0 amide bonds. The third-order valence-corrected chi connectivity index (χ3v) is 3.69. The van der Waals surface area contributed by atoms with E-state index in [9.17, 15) is 5.26 Å². The summed E-state index contributed by atoms with van der Waals surface area (Å²) in [5.74, 6) is 0.421. The number of H-pyrrole nitrogens is 1. The first kappa shape index (κ1) is 11.4. The van der Waals surface area contributed by atoms with Crippen molar-refractivity contribution in [2.45, 2.75) is 6.92 Å². The number of nitrogens with zero attached hydrogens (tertiary/aromatic N) is 2. The van der Waals surface area contributed by atoms with Crippen LogP contribution in [0.3, 0.4) is 0 Å². The molecule has 0 aliphatic heterocycles. The molecule has 0 saturated carbocycles. The summed E-state index contributed by atoms with van der Waals surface area (Å²) in [6, 6.07) is 10.4. The lowest BCUT2D eigenvalue weighted by molar-refractivity contribution is 0.919. The zero-order valence-electron chi connectivity index (χ0n) is 10.9. The number of aromatic amines is 1. The second-order valence-corrected chi connectivity index (χ2v) is 4.64. The molecular weight excluding hydrogens is 236 g/mol. The van der Waals surface area contributed by atoms with E-state index in [0.29, 0.717) is 11.4 Å². The summed E-state index contributed by atoms with van der Waals surface area (Å²) in [6.45, 7) is 2.06. The Bertz CT molecular complexity index is 815. The lowest BCUT2D eigenvalue weighted by Gasteiger charge is -2.01. The highest BCUT2D eigenvalue weighted by Gasteiger charge is 2.18. The summed E-state index contributed by atoms with van der Waals surface area (Å²) >= 11 is 0. The number of anilines is 1. The van der Waals surface area contributed by atoms with Crippen LogP contribution < -0.4 is 5.73 Å². The van der Waals surface area contributed by atoms with E-state index in [0.717, 1.165) is 27.7 Å². The van der Waals surface area contributed by atoms with Gasteiger partial charge in [0.2, 0.25) is 0 Å². The molecule has 0 unspecified atom stereocenters. The molecule has 2 aromatic heterocycles. The van der Waals surface area contributed by atoms with Crippen molar-refractivity contribution >= 4 is 16.7 Å². The van der Waals surface area contributed by atoms with Gasteiger partial charge in [-0.15, -0.1) is 0 Å². The predicted octanol–water partition coefficient (Wildman–Crippen LogP) is 2.94. The van der Waals surface area contributed by atoms with Crippen LogP contribution in [0.4, 0.5) is 5.82 Å². The number of para-hydroxylation sites is 1. The van der Waals surface area contributed by atoms with Crippen molar-refractivity contribution < 1.29 is 0 Å². The summed E-state index contributed by atoms with van der Waals surface area (Å²) in [6.07, 6.45) is 1.81. The molecule has 0 spiro atoms. The molecule has 19 heavy (non-hydrogen) atoms. The van der Waals surface area contributed by atoms with Gasteiger partial charge in [-0.2, -0.15) is 5.26 Å². The summed E-state index contributed by atoms with van der Waals surface area (Å²) in [7, 11) is 2.03. The van der Waals surface area contributed by atoms with Crippen LogP contribution in [0.1, 0.15) is 11.3 Å². The SMILES string of the molecule is Cc1c(-c2c[nH]c(N)c2C#N)c2ccccc2n1C. The molecule has 0 bridgehead atoms. The summed E-state index contributed by atoms with van der Waals surface area (Å²) in [5, 5.41) is 10.4. The van der Waals surface area contributed by atoms with Crippen molar-refractivity contribution in [3.63, 3.8) is 0 Å². The van der Waals surface area contributed by atoms with Gasteiger partial charge < -0.3 is 15.3 Å². The first-order chi connectivity index (χ1) is 9.15. The minimum atomic E-state index is 0.421. The largest absolute Gasteiger partial charge is 0.384 e. The van der Waals surface area contributed by atoms with Gasteiger partial charge in [0.15, 0.2) is 0 Å². The molecule has 0 atom stereocenters. The first-order valence-electron chi connectivity index (χ1n) is 6.06. The average molecular weight is 250 g/mol. The van der Waals surface area contributed by atoms with E-state index in [-0.39, 0.29) is 0 Å². The Morgan fingerprint density at radius 2 is 2.05 bits per heavy atom. The van der Waals surface area contributed by atoms with E-state index in [2.05, 4.69) is 34.7 Å². The molecule has 0 fully saturated rings. The van der Waals surface area contributed by atoms with Gasteiger partial charge in [0.1, 0.15) is 17.5 Å². The average Bonchev–Trinajstić information content (AvgIpc) is 2.90. The van der Waals surface area contributed by atoms with Gasteiger partial charge in [-0.3, -0.25) is 0 Å². The van der Waals surface area contributed by atoms with E-state index in [1.54, 1.807) is 0 Å². The second kappa shape index (κ2) is 3.92. The molecule has 1 aromatic carbocycles. The van der Waals surface area contributed by atoms with Crippen LogP contribution in [0.15, 0.2) is 30.5 Å². The maximum atomic E-state index is 9.26. The van der Waals surface area contributed by atoms with Crippen molar-refractivity contribution in [3.8, 4) is 17.2 Å². The number of hydrogen-bond donors (Lipinski definition) is 2. The molecule has 3 N–H and O–H groups in total. The normalized spacial score (nSPS) is 10.8. The zero-order valence-corrected chi connectivity index (χ0v) is 10.9. The number of hydrogen-bond acceptors (Lipinski definition) is 2. The summed E-state index contributed by atoms with van der Waals surface area (Å²) in [5.41, 5.74) is 10.5. The van der Waals surface area contributed by atoms with Gasteiger partial charge in [-0.05, 0) is 13.0 Å². The van der Waals surface area contributed by atoms with E-state index < -0.39 is 0 Å². The van der Waals surface area contributed by atoms with Crippen molar-refractivity contribution in [1.29, 1.82) is 5.26 Å². The van der Waals surface area contributed by atoms with Crippen LogP contribution in [-0.2, 0) is 7.05 Å². The van der Waals surface area contributed by atoms with E-state index in [4.69, 9.17) is 5.73 Å². The third-order valence-electron chi connectivity index (χ3n) is 3.69. The second-order valence-electron chi connectivity index (χ2n) is 4.64. The highest BCUT2D eigenvalue weighted by molar-refractivity contribution is 6.00. The Kier molecular flexibility index (Phi) is 2.36. The molecule has 0 saturated heterocycles. The number of aromatic nitrogens is 2. The fourth-order valence-electron chi connectivity index (χ4n) is 2.62. The van der Waals surface area contributed by atoms with Gasteiger partial charge in [0.05, 0.1) is 0 Å². The number of nitrogens with two attached hydrogens (primary N) is 1. The summed E-state index contributed by atoms with van der Waals surface area (Å²) < 4.78 is 2.13. The molecule has 0 radical (unpaired) electrons. The van der Waals surface area contributed by atoms with E-state index in [1.807, 2.05) is 25.4 Å². The molecule has 0 aliphatic rings. The Labute approximate surface area is 111 Å². The van der Waals surface area contributed by atoms with E-state index in [1.165, 1.54) is 0 Å². The standard InChI is InChI=1S/C15H14N4/c1-9-14(12-8-18-15(17)11(12)7-16)10-5-3-4-6-13(10)19(9)2/h3-6,8,18H,17H2,1-2H3. The highest BCUT2D eigenvalue weighted by Crippen LogP contribution is 2.37. The van der Waals surface area contributed by atoms with Crippen molar-refractivity contribution in [3.05, 3.63) is 41.7 Å². The van der Waals surface area contributed by atoms with Gasteiger partial charge in [-0.25, -0.2) is 0 Å². The van der Waals surface area contributed by atoms with Crippen LogP contribution in [-0.4, -0.2) is 9.55 Å². The number of aryl methyl sites for hydroxylation is 1. The third kappa shape index (κ3) is 1.45. The van der Waals surface area contributed by atoms with Crippen LogP contribution in [0.5, 0.6) is 0 Å². The number of benzene rings is 1. The van der Waals surface area contributed by atoms with Gasteiger partial charge >= 0.3 is 0 Å². The molecule has 4 heteroatoms. The molecular formula is C15H14N4. The molecule has 2 heterocycles. The number of rotatable bonds is 1. The highest BCUT2D eigenvalue weighted by atomic mass is 14.9. The van der Waals surface area contributed by atoms with Gasteiger partial charge in [0, 0.05) is 41.0 Å². The predicted molar refractivity (Wildman–Crippen MR) is 76.6 cm³/mol. The number of nitrogen functional groups attached to an aromatic ring is 1. The minimum absolute atomic E-state index is 0.421. The van der Waals surface area contributed by atoms with Gasteiger partial charge in [-0.1, -0.05) is 18.2 Å². The number of fused-ring (bicyclic) bond motifs is 1. The van der Waals surface area contributed by atoms with Crippen molar-refractivity contribution in [2.24, 2.45) is 7.05 Å². The fraction of sp³-hybridized carbons (Fsp3) is 0.133. The smallest absolute Gasteiger partial charge is 0.119 e. The number of nitriles is 1. The fourth-order valence-corrected chi connectivity index (χ4v) is 2.62. The molecule has 3 aromatic rings. The number of nitrogens with one attached hydrogen (secondary N) is 1. The monoisotopic (exact) mass is 250 g/mol. The quantitative estimate of drug-likeness (QED) is 0.697. The van der Waals surface area contributed by atoms with Crippen molar-refractivity contribution in [2.75, 3.05) is 5.73 Å². The van der Waals surface area contributed by atoms with Gasteiger partial charge in [0.25, 0.3) is 0 Å². The molecule has 3 rings (SSSR count). The van der Waals surface area contributed by atoms with E-state index >= 15 is 0 Å². The molecule has 4 nitrogen and oxygen atoms in total. The Morgan fingerprint density at radius 1 is 1.32 bits per heavy atom. The van der Waals surface area contributed by atoms with Crippen LogP contribution in [0.25, 0.3) is 22.0 Å². The van der Waals surface area contributed by atoms with Crippen LogP contribution >= 0.6 is 0 Å². The first-order valence-corrected chi connectivity index (χ1v) is 6.06. The Balaban J connectivity index is 2.44. The molecule has 0 aliphatic carbocycles.